The molecule has 0 amide bonds. The number of hydrogen-bond acceptors (Lipinski definition) is 6. The van der Waals surface area contributed by atoms with Crippen LogP contribution in [0.1, 0.15) is 113 Å². The average Bonchev–Trinajstić information content (AvgIpc) is 2.99. The van der Waals surface area contributed by atoms with Crippen LogP contribution in [-0.2, 0) is 29.0 Å². The molecule has 0 bridgehead atoms. The van der Waals surface area contributed by atoms with E-state index >= 15 is 0 Å². The van der Waals surface area contributed by atoms with Crippen molar-refractivity contribution in [1.29, 1.82) is 0 Å². The molecule has 0 saturated carbocycles. The molecule has 0 aliphatic carbocycles. The number of rotatable bonds is 9. The summed E-state index contributed by atoms with van der Waals surface area (Å²) in [6, 6.07) is 13.4. The molecule has 1 atom stereocenters. The smallest absolute Gasteiger partial charge is 0.337 e. The van der Waals surface area contributed by atoms with E-state index in [0.29, 0.717) is 11.5 Å². The van der Waals surface area contributed by atoms with Gasteiger partial charge in [0.2, 0.25) is 0 Å². The van der Waals surface area contributed by atoms with Crippen LogP contribution in [-0.4, -0.2) is 53.3 Å². The summed E-state index contributed by atoms with van der Waals surface area (Å²) < 4.78 is 11.9. The molecular formula is C40H55N3O4. The Morgan fingerprint density at radius 2 is 1.70 bits per heavy atom. The number of nitrogens with zero attached hydrogens (tertiary/aromatic N) is 3. The topological polar surface area (TPSA) is 75.1 Å². The van der Waals surface area contributed by atoms with Crippen molar-refractivity contribution in [2.75, 3.05) is 31.6 Å². The van der Waals surface area contributed by atoms with Crippen LogP contribution in [0.5, 0.6) is 5.75 Å². The normalized spacial score (nSPS) is 17.5. The highest BCUT2D eigenvalue weighted by atomic mass is 16.5. The maximum absolute atomic E-state index is 12.9. The van der Waals surface area contributed by atoms with Crippen molar-refractivity contribution in [3.8, 4) is 16.9 Å². The monoisotopic (exact) mass is 641 g/mol. The number of hydrogen-bond donors (Lipinski definition) is 1. The number of carbonyl (C=O) groups is 1. The van der Waals surface area contributed by atoms with Crippen molar-refractivity contribution in [2.45, 2.75) is 112 Å². The van der Waals surface area contributed by atoms with Crippen molar-refractivity contribution < 1.29 is 19.4 Å². The zero-order valence-corrected chi connectivity index (χ0v) is 30.3. The van der Waals surface area contributed by atoms with Gasteiger partial charge in [-0.25, -0.2) is 4.79 Å². The van der Waals surface area contributed by atoms with E-state index in [0.717, 1.165) is 85.9 Å². The molecule has 7 heteroatoms. The minimum absolute atomic E-state index is 0.252. The van der Waals surface area contributed by atoms with Gasteiger partial charge in [-0.1, -0.05) is 58.0 Å². The van der Waals surface area contributed by atoms with Crippen LogP contribution in [0.25, 0.3) is 11.1 Å². The molecule has 2 aromatic carbocycles. The molecule has 0 radical (unpaired) electrons. The number of benzene rings is 2. The third kappa shape index (κ3) is 7.84. The first-order valence-electron chi connectivity index (χ1n) is 17.2. The fourth-order valence-corrected chi connectivity index (χ4v) is 7.25. The summed E-state index contributed by atoms with van der Waals surface area (Å²) >= 11 is 0. The third-order valence-corrected chi connectivity index (χ3v) is 9.88. The molecule has 1 N–H and O–H groups in total. The zero-order chi connectivity index (χ0) is 34.3. The summed E-state index contributed by atoms with van der Waals surface area (Å²) in [6.45, 7) is 23.3. The number of carboxylic acid groups (broad SMARTS) is 1. The van der Waals surface area contributed by atoms with Crippen LogP contribution in [0.4, 0.5) is 5.69 Å². The third-order valence-electron chi connectivity index (χ3n) is 9.88. The standard InChI is InChI=1S/C40H55N3O4/c1-25(2)32-21-28(11-14-33(32)46-10)23-42-18-15-29-22-30(12-13-31(29)24-42)34-26(3)41-27(4)35(37(38(44)45)47-39(5,6)7)36(34)43-19-16-40(8,9)17-20-43/h11-14,21-22,25,37H,15-20,23-24H2,1-10H3,(H,44,45). The SMILES string of the molecule is COc1ccc(CN2CCc3cc(-c4c(C)nc(C)c(C(OC(C)(C)C)C(=O)O)c4N4CCC(C)(C)CC4)ccc3C2)cc1C(C)C. The first-order chi connectivity index (χ1) is 22.1. The van der Waals surface area contributed by atoms with Crippen LogP contribution in [0.15, 0.2) is 36.4 Å². The van der Waals surface area contributed by atoms with Gasteiger partial charge in [0.25, 0.3) is 0 Å². The molecule has 1 fully saturated rings. The number of aromatic nitrogens is 1. The maximum atomic E-state index is 12.9. The summed E-state index contributed by atoms with van der Waals surface area (Å²) in [5.74, 6) is 0.371. The molecule has 1 saturated heterocycles. The molecule has 0 spiro atoms. The Kier molecular flexibility index (Phi) is 10.1. The molecule has 7 nitrogen and oxygen atoms in total. The predicted octanol–water partition coefficient (Wildman–Crippen LogP) is 8.62. The molecule has 1 unspecified atom stereocenters. The van der Waals surface area contributed by atoms with Gasteiger partial charge < -0.3 is 19.5 Å². The van der Waals surface area contributed by atoms with Gasteiger partial charge in [0.15, 0.2) is 6.10 Å². The second-order valence-electron chi connectivity index (χ2n) is 15.7. The second-order valence-corrected chi connectivity index (χ2v) is 15.7. The van der Waals surface area contributed by atoms with Crippen molar-refractivity contribution in [3.63, 3.8) is 0 Å². The van der Waals surface area contributed by atoms with Gasteiger partial charge in [-0.05, 0) is 99.1 Å². The molecule has 254 valence electrons. The van der Waals surface area contributed by atoms with Crippen molar-refractivity contribution in [1.82, 2.24) is 9.88 Å². The Hall–Kier alpha value is -3.42. The van der Waals surface area contributed by atoms with Crippen LogP contribution in [0.3, 0.4) is 0 Å². The molecular weight excluding hydrogens is 586 g/mol. The van der Waals surface area contributed by atoms with Crippen LogP contribution in [0, 0.1) is 19.3 Å². The Balaban J connectivity index is 1.52. The second kappa shape index (κ2) is 13.6. The number of aliphatic carboxylic acids is 1. The van der Waals surface area contributed by atoms with E-state index in [4.69, 9.17) is 14.5 Å². The Labute approximate surface area is 282 Å². The molecule has 2 aliphatic heterocycles. The van der Waals surface area contributed by atoms with Crippen LogP contribution in [0.2, 0.25) is 0 Å². The summed E-state index contributed by atoms with van der Waals surface area (Å²) in [4.78, 5) is 22.8. The lowest BCUT2D eigenvalue weighted by atomic mass is 9.81. The number of anilines is 1. The number of aryl methyl sites for hydroxylation is 2. The molecule has 5 rings (SSSR count). The van der Waals surface area contributed by atoms with Gasteiger partial charge >= 0.3 is 5.97 Å². The van der Waals surface area contributed by atoms with E-state index in [2.05, 4.69) is 80.8 Å². The number of fused-ring (bicyclic) bond motifs is 1. The quantitative estimate of drug-likeness (QED) is 0.251. The highest BCUT2D eigenvalue weighted by molar-refractivity contribution is 5.88. The van der Waals surface area contributed by atoms with Crippen LogP contribution < -0.4 is 9.64 Å². The summed E-state index contributed by atoms with van der Waals surface area (Å²) in [5, 5.41) is 10.5. The zero-order valence-electron chi connectivity index (χ0n) is 30.3. The summed E-state index contributed by atoms with van der Waals surface area (Å²) in [5.41, 5.74) is 10.3. The number of methoxy groups -OCH3 is 1. The van der Waals surface area contributed by atoms with E-state index < -0.39 is 17.7 Å². The lowest BCUT2D eigenvalue weighted by molar-refractivity contribution is -0.160. The van der Waals surface area contributed by atoms with Gasteiger partial charge in [-0.15, -0.1) is 0 Å². The Morgan fingerprint density at radius 1 is 1.00 bits per heavy atom. The van der Waals surface area contributed by atoms with E-state index in [1.807, 2.05) is 27.7 Å². The van der Waals surface area contributed by atoms with Gasteiger partial charge in [0, 0.05) is 55.2 Å². The van der Waals surface area contributed by atoms with E-state index in [9.17, 15) is 9.90 Å². The lowest BCUT2D eigenvalue weighted by Crippen LogP contribution is -2.39. The van der Waals surface area contributed by atoms with E-state index in [1.54, 1.807) is 7.11 Å². The first-order valence-corrected chi connectivity index (χ1v) is 17.2. The highest BCUT2D eigenvalue weighted by Gasteiger charge is 2.36. The number of pyridine rings is 1. The highest BCUT2D eigenvalue weighted by Crippen LogP contribution is 2.45. The number of ether oxygens (including phenoxy) is 2. The Bertz CT molecular complexity index is 1610. The van der Waals surface area contributed by atoms with Gasteiger partial charge in [0.05, 0.1) is 18.4 Å². The molecule has 3 aromatic rings. The molecule has 3 heterocycles. The Morgan fingerprint density at radius 3 is 2.32 bits per heavy atom. The van der Waals surface area contributed by atoms with Crippen molar-refractivity contribution >= 4 is 11.7 Å². The molecule has 2 aliphatic rings. The van der Waals surface area contributed by atoms with E-state index in [1.165, 1.54) is 22.3 Å². The van der Waals surface area contributed by atoms with Crippen LogP contribution >= 0.6 is 0 Å². The van der Waals surface area contributed by atoms with Gasteiger partial charge in [-0.2, -0.15) is 0 Å². The maximum Gasteiger partial charge on any atom is 0.337 e. The molecule has 1 aromatic heterocycles. The summed E-state index contributed by atoms with van der Waals surface area (Å²) in [7, 11) is 1.74. The summed E-state index contributed by atoms with van der Waals surface area (Å²) in [6.07, 6.45) is 1.92. The van der Waals surface area contributed by atoms with Gasteiger partial charge in [-0.3, -0.25) is 9.88 Å². The minimum Gasteiger partial charge on any atom is -0.496 e. The fourth-order valence-electron chi connectivity index (χ4n) is 7.25. The van der Waals surface area contributed by atoms with Crippen molar-refractivity contribution in [2.24, 2.45) is 5.41 Å². The van der Waals surface area contributed by atoms with E-state index in [-0.39, 0.29) is 5.41 Å². The lowest BCUT2D eigenvalue weighted by Gasteiger charge is -2.41. The predicted molar refractivity (Wildman–Crippen MR) is 190 cm³/mol. The number of piperidine rings is 1. The van der Waals surface area contributed by atoms with Crippen molar-refractivity contribution in [3.05, 3.63) is 75.6 Å². The fraction of sp³-hybridized carbons (Fsp3) is 0.550. The average molecular weight is 642 g/mol. The number of carboxylic acids is 1. The molecule has 47 heavy (non-hydrogen) atoms. The largest absolute Gasteiger partial charge is 0.496 e. The van der Waals surface area contributed by atoms with Gasteiger partial charge in [0.1, 0.15) is 5.75 Å². The minimum atomic E-state index is -1.12. The first kappa shape index (κ1) is 34.9.